The van der Waals surface area contributed by atoms with Gasteiger partial charge in [-0.3, -0.25) is 24.1 Å². The SMILES string of the molecule is CCOCCOCCOCCOCCC(=O)N1CCN(CC(=O)NCC(=O)NC(CCCNC(N)=O)C(=O)NCc2ccc(CN3c4cc(F)ccc4C4CN(c5ccc6nc(N7CCOCC7)oc6c5)CCC43)cc2)CC1. The van der Waals surface area contributed by atoms with Gasteiger partial charge in [0.15, 0.2) is 5.58 Å². The van der Waals surface area contributed by atoms with Crippen molar-refractivity contribution in [2.75, 3.05) is 153 Å². The summed E-state index contributed by atoms with van der Waals surface area (Å²) in [6.45, 7) is 12.6. The van der Waals surface area contributed by atoms with Crippen LogP contribution in [0.1, 0.15) is 55.2 Å². The fourth-order valence-electron chi connectivity index (χ4n) is 10.3. The number of nitrogens with one attached hydrogen (secondary N) is 4. The van der Waals surface area contributed by atoms with E-state index < -0.39 is 23.9 Å². The lowest BCUT2D eigenvalue weighted by molar-refractivity contribution is -0.134. The lowest BCUT2D eigenvalue weighted by atomic mass is 9.88. The summed E-state index contributed by atoms with van der Waals surface area (Å²) in [4.78, 5) is 78.9. The van der Waals surface area contributed by atoms with Gasteiger partial charge in [-0.25, -0.2) is 9.18 Å². The maximum Gasteiger partial charge on any atom is 0.312 e. The molecule has 0 aliphatic carbocycles. The Labute approximate surface area is 454 Å². The van der Waals surface area contributed by atoms with Crippen LogP contribution in [0, 0.1) is 5.82 Å². The Hall–Kier alpha value is -6.63. The molecule has 3 fully saturated rings. The molecule has 8 rings (SSSR count). The summed E-state index contributed by atoms with van der Waals surface area (Å²) >= 11 is 0. The van der Waals surface area contributed by atoms with Crippen LogP contribution in [0.4, 0.5) is 26.6 Å². The number of aromatic nitrogens is 1. The maximum atomic E-state index is 14.9. The molecule has 0 radical (unpaired) electrons. The first-order valence-electron chi connectivity index (χ1n) is 27.3. The van der Waals surface area contributed by atoms with Gasteiger partial charge in [-0.1, -0.05) is 30.3 Å². The van der Waals surface area contributed by atoms with Crippen molar-refractivity contribution in [1.82, 2.24) is 36.1 Å². The number of nitrogens with two attached hydrogens (primary N) is 1. The van der Waals surface area contributed by atoms with Gasteiger partial charge in [0.2, 0.25) is 23.6 Å². The first kappa shape index (κ1) is 57.5. The molecular weight excluding hydrogens is 1010 g/mol. The number of primary amides is 1. The summed E-state index contributed by atoms with van der Waals surface area (Å²) in [5.74, 6) is -1.49. The zero-order chi connectivity index (χ0) is 54.6. The highest BCUT2D eigenvalue weighted by Crippen LogP contribution is 2.46. The number of ether oxygens (including phenoxy) is 5. The van der Waals surface area contributed by atoms with E-state index in [4.69, 9.17) is 38.8 Å². The molecule has 0 bridgehead atoms. The van der Waals surface area contributed by atoms with Gasteiger partial charge in [-0.15, -0.1) is 0 Å². The summed E-state index contributed by atoms with van der Waals surface area (Å²) in [5, 5.41) is 10.8. The minimum Gasteiger partial charge on any atom is -0.423 e. The maximum absolute atomic E-state index is 14.9. The number of rotatable bonds is 29. The van der Waals surface area contributed by atoms with Crippen LogP contribution in [-0.4, -0.2) is 195 Å². The topological polar surface area (TPSA) is 248 Å². The van der Waals surface area contributed by atoms with Crippen LogP contribution < -0.4 is 41.7 Å². The highest BCUT2D eigenvalue weighted by atomic mass is 19.1. The molecule has 4 aliphatic heterocycles. The van der Waals surface area contributed by atoms with E-state index in [1.54, 1.807) is 17.0 Å². The van der Waals surface area contributed by atoms with Crippen LogP contribution >= 0.6 is 0 Å². The van der Waals surface area contributed by atoms with Crippen LogP contribution in [0.15, 0.2) is 65.1 Å². The molecule has 4 aromatic rings. The molecule has 78 heavy (non-hydrogen) atoms. The Balaban J connectivity index is 0.756. The van der Waals surface area contributed by atoms with Gasteiger partial charge in [-0.2, -0.15) is 4.98 Å². The molecule has 424 valence electrons. The third-order valence-corrected chi connectivity index (χ3v) is 14.5. The second kappa shape index (κ2) is 29.4. The molecule has 22 nitrogen and oxygen atoms in total. The second-order valence-electron chi connectivity index (χ2n) is 19.8. The van der Waals surface area contributed by atoms with Crippen molar-refractivity contribution in [2.45, 2.75) is 63.7 Å². The Morgan fingerprint density at radius 2 is 1.50 bits per heavy atom. The Kier molecular flexibility index (Phi) is 21.7. The van der Waals surface area contributed by atoms with Crippen LogP contribution in [0.2, 0.25) is 0 Å². The molecule has 6 N–H and O–H groups in total. The van der Waals surface area contributed by atoms with Gasteiger partial charge in [0, 0.05) is 108 Å². The van der Waals surface area contributed by atoms with Gasteiger partial charge < -0.3 is 74.7 Å². The summed E-state index contributed by atoms with van der Waals surface area (Å²) in [6.07, 6.45) is 1.66. The van der Waals surface area contributed by atoms with E-state index >= 15 is 0 Å². The van der Waals surface area contributed by atoms with Gasteiger partial charge in [0.25, 0.3) is 6.01 Å². The van der Waals surface area contributed by atoms with Crippen molar-refractivity contribution in [2.24, 2.45) is 5.73 Å². The van der Waals surface area contributed by atoms with Gasteiger partial charge in [0.1, 0.15) is 17.4 Å². The summed E-state index contributed by atoms with van der Waals surface area (Å²) in [5.41, 5.74) is 11.7. The standard InChI is InChI=1S/C55H76FN11O11/c1-2-73-26-27-76-30-31-77-29-28-74-23-14-52(70)64-19-17-63(18-20-64)38-51(69)59-35-50(68)61-46(4-3-15-58-54(57)72)53(71)60-34-39-5-7-40(8-6-39)36-67-47-13-16-66(37-44(47)43-11-9-41(56)32-48(43)67)42-10-12-45-49(33-42)78-55(62-45)65-21-24-75-25-22-65/h5-12,32-33,44,46-47H,2-4,13-31,34-38H2,1H3,(H,59,69)(H,60,71)(H,61,68)(H3,57,58,72). The zero-order valence-corrected chi connectivity index (χ0v) is 44.7. The predicted octanol–water partition coefficient (Wildman–Crippen LogP) is 2.47. The Morgan fingerprint density at radius 3 is 2.23 bits per heavy atom. The molecule has 3 atom stereocenters. The Bertz CT molecular complexity index is 2600. The van der Waals surface area contributed by atoms with Crippen LogP contribution in [0.3, 0.4) is 0 Å². The molecule has 5 heterocycles. The number of hydrogen-bond acceptors (Lipinski definition) is 16. The minimum absolute atomic E-state index is 0.0232. The zero-order valence-electron chi connectivity index (χ0n) is 44.7. The van der Waals surface area contributed by atoms with Crippen molar-refractivity contribution in [3.63, 3.8) is 0 Å². The smallest absolute Gasteiger partial charge is 0.312 e. The van der Waals surface area contributed by atoms with E-state index in [-0.39, 0.29) is 75.2 Å². The summed E-state index contributed by atoms with van der Waals surface area (Å²) < 4.78 is 48.3. The molecular formula is C55H76FN11O11. The number of piperidine rings is 1. The fourth-order valence-corrected chi connectivity index (χ4v) is 10.3. The van der Waals surface area contributed by atoms with Crippen molar-refractivity contribution in [3.05, 3.63) is 83.2 Å². The highest BCUT2D eigenvalue weighted by Gasteiger charge is 2.42. The molecule has 6 amide bonds. The number of urea groups is 1. The average molecular weight is 1090 g/mol. The van der Waals surface area contributed by atoms with E-state index in [9.17, 15) is 28.4 Å². The Morgan fingerprint density at radius 1 is 0.782 bits per heavy atom. The minimum atomic E-state index is -0.956. The first-order valence-corrected chi connectivity index (χ1v) is 27.3. The molecule has 1 aromatic heterocycles. The number of fused-ring (bicyclic) bond motifs is 4. The molecule has 3 aromatic carbocycles. The third kappa shape index (κ3) is 16.7. The van der Waals surface area contributed by atoms with E-state index in [0.717, 1.165) is 71.8 Å². The molecule has 23 heteroatoms. The quantitative estimate of drug-likeness (QED) is 0.0491. The van der Waals surface area contributed by atoms with Gasteiger partial charge in [-0.05, 0) is 67.1 Å². The summed E-state index contributed by atoms with van der Waals surface area (Å²) in [7, 11) is 0. The van der Waals surface area contributed by atoms with E-state index in [1.807, 2.05) is 48.2 Å². The molecule has 0 spiro atoms. The lowest BCUT2D eigenvalue weighted by Crippen LogP contribution is -2.52. The normalized spacial score (nSPS) is 17.9. The number of benzene rings is 3. The van der Waals surface area contributed by atoms with Crippen LogP contribution in [-0.2, 0) is 56.0 Å². The number of oxazole rings is 1. The number of anilines is 3. The number of carbonyl (C=O) groups excluding carboxylic acids is 5. The van der Waals surface area contributed by atoms with Crippen LogP contribution in [0.5, 0.6) is 0 Å². The highest BCUT2D eigenvalue weighted by molar-refractivity contribution is 5.90. The van der Waals surface area contributed by atoms with Crippen LogP contribution in [0.25, 0.3) is 11.1 Å². The summed E-state index contributed by atoms with van der Waals surface area (Å²) in [6, 6.07) is 18.3. The number of hydrogen-bond donors (Lipinski definition) is 5. The number of carbonyl (C=O) groups is 5. The van der Waals surface area contributed by atoms with Crippen molar-refractivity contribution in [3.8, 4) is 0 Å². The number of nitrogens with zero attached hydrogens (tertiary/aromatic N) is 6. The number of morpholine rings is 1. The molecule has 0 saturated carbocycles. The molecule has 3 unspecified atom stereocenters. The van der Waals surface area contributed by atoms with Crippen molar-refractivity contribution in [1.29, 1.82) is 0 Å². The van der Waals surface area contributed by atoms with E-state index in [2.05, 4.69) is 48.1 Å². The molecule has 4 aliphatic rings. The van der Waals surface area contributed by atoms with Gasteiger partial charge >= 0.3 is 6.03 Å². The average Bonchev–Trinajstić information content (AvgIpc) is 4.06. The predicted molar refractivity (Wildman–Crippen MR) is 290 cm³/mol. The lowest BCUT2D eigenvalue weighted by Gasteiger charge is -2.40. The monoisotopic (exact) mass is 1090 g/mol. The molecule has 3 saturated heterocycles. The van der Waals surface area contributed by atoms with E-state index in [1.165, 1.54) is 0 Å². The van der Waals surface area contributed by atoms with E-state index in [0.29, 0.717) is 105 Å². The second-order valence-corrected chi connectivity index (χ2v) is 19.8. The third-order valence-electron chi connectivity index (χ3n) is 14.5. The fraction of sp³-hybridized carbons (Fsp3) is 0.564. The first-order chi connectivity index (χ1) is 38.0. The number of piperazine rings is 1. The number of halogens is 1. The number of amides is 6. The van der Waals surface area contributed by atoms with Crippen molar-refractivity contribution < 1.29 is 56.5 Å². The van der Waals surface area contributed by atoms with Gasteiger partial charge in [0.05, 0.1) is 79.0 Å². The van der Waals surface area contributed by atoms with Crippen molar-refractivity contribution >= 4 is 58.1 Å². The largest absolute Gasteiger partial charge is 0.423 e.